The van der Waals surface area contributed by atoms with Gasteiger partial charge in [0.15, 0.2) is 17.2 Å². The highest BCUT2D eigenvalue weighted by Crippen LogP contribution is 2.43. The highest BCUT2D eigenvalue weighted by molar-refractivity contribution is 7.92. The second kappa shape index (κ2) is 8.54. The summed E-state index contributed by atoms with van der Waals surface area (Å²) in [6, 6.07) is 5.23. The lowest BCUT2D eigenvalue weighted by molar-refractivity contribution is -0.125. The summed E-state index contributed by atoms with van der Waals surface area (Å²) in [5, 5.41) is -0.148. The number of rotatable bonds is 5. The van der Waals surface area contributed by atoms with Crippen LogP contribution in [0.15, 0.2) is 47.5 Å². The van der Waals surface area contributed by atoms with Gasteiger partial charge in [0, 0.05) is 22.8 Å². The van der Waals surface area contributed by atoms with Crippen LogP contribution in [0.5, 0.6) is 0 Å². The Labute approximate surface area is 202 Å². The number of carbonyl (C=O) groups excluding carboxylic acids is 1. The number of hydrogen-bond acceptors (Lipinski definition) is 7. The second-order valence-electron chi connectivity index (χ2n) is 7.94. The number of nitrogens with two attached hydrogens (primary N) is 1. The number of nitrogen functional groups attached to an aromatic ring is 1. The van der Waals surface area contributed by atoms with Crippen molar-refractivity contribution in [3.63, 3.8) is 0 Å². The number of nitrogens with zero attached hydrogens (tertiary/aromatic N) is 2. The monoisotopic (exact) mass is 524 g/mol. The Morgan fingerprint density at radius 2 is 1.83 bits per heavy atom. The maximum atomic E-state index is 15.7. The van der Waals surface area contributed by atoms with Gasteiger partial charge in [-0.1, -0.05) is 11.6 Å². The fourth-order valence-electron chi connectivity index (χ4n) is 3.42. The molecule has 182 valence electrons. The molecule has 0 saturated heterocycles. The Kier molecular flexibility index (Phi) is 5.97. The Morgan fingerprint density at radius 1 is 1.11 bits per heavy atom. The average Bonchev–Trinajstić information content (AvgIpc) is 2.99. The zero-order valence-electron chi connectivity index (χ0n) is 18.1. The van der Waals surface area contributed by atoms with E-state index in [0.29, 0.717) is 12.1 Å². The third-order valence-electron chi connectivity index (χ3n) is 5.00. The van der Waals surface area contributed by atoms with Gasteiger partial charge in [-0.05, 0) is 44.2 Å². The van der Waals surface area contributed by atoms with Gasteiger partial charge in [-0.15, -0.1) is 0 Å². The maximum Gasteiger partial charge on any atom is 0.264 e. The first kappa shape index (κ1) is 24.5. The molecule has 1 aromatic heterocycles. The molecule has 0 spiro atoms. The van der Waals surface area contributed by atoms with Gasteiger partial charge in [0.05, 0.1) is 11.3 Å². The van der Waals surface area contributed by atoms with Crippen LogP contribution in [0, 0.1) is 17.5 Å². The topological polar surface area (TPSA) is 124 Å². The predicted molar refractivity (Wildman–Crippen MR) is 122 cm³/mol. The first-order chi connectivity index (χ1) is 16.3. The predicted octanol–water partition coefficient (Wildman–Crippen LogP) is 4.18. The van der Waals surface area contributed by atoms with E-state index in [4.69, 9.17) is 22.1 Å². The fourth-order valence-corrected chi connectivity index (χ4v) is 4.75. The third kappa shape index (κ3) is 4.54. The van der Waals surface area contributed by atoms with Crippen molar-refractivity contribution in [2.24, 2.45) is 0 Å². The van der Waals surface area contributed by atoms with Crippen LogP contribution in [0.25, 0.3) is 11.3 Å². The van der Waals surface area contributed by atoms with Crippen molar-refractivity contribution in [3.8, 4) is 0 Å². The number of halogens is 4. The normalized spacial score (nSPS) is 15.3. The zero-order valence-corrected chi connectivity index (χ0v) is 19.6. The Bertz CT molecular complexity index is 1530. The van der Waals surface area contributed by atoms with Gasteiger partial charge in [0.2, 0.25) is 11.7 Å². The molecular weight excluding hydrogens is 509 g/mol. The summed E-state index contributed by atoms with van der Waals surface area (Å²) < 4.78 is 76.0. The summed E-state index contributed by atoms with van der Waals surface area (Å²) in [7, 11) is -4.71. The van der Waals surface area contributed by atoms with Gasteiger partial charge in [0.25, 0.3) is 10.0 Å². The van der Waals surface area contributed by atoms with E-state index in [0.717, 1.165) is 18.2 Å². The van der Waals surface area contributed by atoms with Crippen molar-refractivity contribution < 1.29 is 31.1 Å². The summed E-state index contributed by atoms with van der Waals surface area (Å²) in [6.45, 7) is 2.91. The average molecular weight is 525 g/mol. The first-order valence-electron chi connectivity index (χ1n) is 9.84. The van der Waals surface area contributed by atoms with Crippen LogP contribution in [0.1, 0.15) is 25.1 Å². The molecular formula is C22H16ClF3N4O4S. The van der Waals surface area contributed by atoms with E-state index in [1.807, 2.05) is 4.72 Å². The van der Waals surface area contributed by atoms with E-state index in [-0.39, 0.29) is 28.0 Å². The van der Waals surface area contributed by atoms with Crippen LogP contribution >= 0.6 is 11.6 Å². The quantitative estimate of drug-likeness (QED) is 0.513. The molecule has 35 heavy (non-hydrogen) atoms. The Morgan fingerprint density at radius 3 is 2.49 bits per heavy atom. The smallest absolute Gasteiger partial charge is 0.264 e. The minimum atomic E-state index is -4.71. The van der Waals surface area contributed by atoms with E-state index in [2.05, 4.69) is 9.97 Å². The second-order valence-corrected chi connectivity index (χ2v) is 10.0. The molecule has 0 saturated carbocycles. The summed E-state index contributed by atoms with van der Waals surface area (Å²) in [4.78, 5) is 20.0. The van der Waals surface area contributed by atoms with Crippen molar-refractivity contribution in [1.29, 1.82) is 0 Å². The van der Waals surface area contributed by atoms with Gasteiger partial charge in [0.1, 0.15) is 22.2 Å². The summed E-state index contributed by atoms with van der Waals surface area (Å²) >= 11 is 6.12. The first-order valence-corrected chi connectivity index (χ1v) is 11.7. The molecule has 0 atom stereocenters. The Balaban J connectivity index is 1.88. The number of Topliss-reactive ketones (excluding diaryl/α,β-unsaturated/α-hetero) is 1. The lowest BCUT2D eigenvalue weighted by atomic mass is 9.92. The molecule has 2 aromatic carbocycles. The highest BCUT2D eigenvalue weighted by atomic mass is 35.5. The molecule has 1 aliphatic rings. The third-order valence-corrected chi connectivity index (χ3v) is 6.62. The number of sulfonamides is 1. The number of ketones is 1. The molecule has 0 radical (unpaired) electrons. The van der Waals surface area contributed by atoms with Gasteiger partial charge >= 0.3 is 0 Å². The van der Waals surface area contributed by atoms with E-state index in [1.165, 1.54) is 26.1 Å². The van der Waals surface area contributed by atoms with Crippen molar-refractivity contribution in [2.75, 3.05) is 10.5 Å². The molecule has 0 unspecified atom stereocenters. The van der Waals surface area contributed by atoms with Gasteiger partial charge in [-0.3, -0.25) is 9.52 Å². The van der Waals surface area contributed by atoms with Gasteiger partial charge in [-0.2, -0.15) is 0 Å². The minimum absolute atomic E-state index is 0.0846. The molecule has 0 aliphatic carbocycles. The zero-order chi connectivity index (χ0) is 25.7. The highest BCUT2D eigenvalue weighted by Gasteiger charge is 2.44. The minimum Gasteiger partial charge on any atom is -0.477 e. The molecule has 2 heterocycles. The summed E-state index contributed by atoms with van der Waals surface area (Å²) in [5.74, 6) is -4.45. The lowest BCUT2D eigenvalue weighted by Gasteiger charge is -2.17. The van der Waals surface area contributed by atoms with Gasteiger partial charge in [-0.25, -0.2) is 31.6 Å². The van der Waals surface area contributed by atoms with E-state index in [9.17, 15) is 22.0 Å². The fraction of sp³-hybridized carbons (Fsp3) is 0.136. The summed E-state index contributed by atoms with van der Waals surface area (Å²) in [6.07, 6.45) is 1.31. The van der Waals surface area contributed by atoms with Crippen LogP contribution in [-0.4, -0.2) is 29.8 Å². The summed E-state index contributed by atoms with van der Waals surface area (Å²) in [5.41, 5.74) is 2.96. The molecule has 0 fully saturated rings. The van der Waals surface area contributed by atoms with E-state index in [1.54, 1.807) is 0 Å². The van der Waals surface area contributed by atoms with E-state index >= 15 is 4.39 Å². The largest absolute Gasteiger partial charge is 0.477 e. The number of carbonyl (C=O) groups is 1. The molecule has 0 bridgehead atoms. The van der Waals surface area contributed by atoms with Crippen LogP contribution in [-0.2, 0) is 19.6 Å². The number of ether oxygens (including phenoxy) is 1. The van der Waals surface area contributed by atoms with Crippen molar-refractivity contribution in [2.45, 2.75) is 24.3 Å². The maximum absolute atomic E-state index is 15.7. The van der Waals surface area contributed by atoms with Crippen molar-refractivity contribution in [1.82, 2.24) is 9.97 Å². The molecule has 0 amide bonds. The SMILES string of the molecule is CC1(C)OC(c2ccnc(N)n2)=C(c2cc(Cl)cc(NS(=O)(=O)c3ccc(F)cc3F)c2F)C1=O. The van der Waals surface area contributed by atoms with Crippen LogP contribution in [0.4, 0.5) is 24.8 Å². The number of benzene rings is 2. The molecule has 13 heteroatoms. The molecule has 4 rings (SSSR count). The van der Waals surface area contributed by atoms with Crippen LogP contribution in [0.2, 0.25) is 5.02 Å². The molecule has 1 aliphatic heterocycles. The van der Waals surface area contributed by atoms with Gasteiger partial charge < -0.3 is 10.5 Å². The van der Waals surface area contributed by atoms with Crippen molar-refractivity contribution >= 4 is 50.4 Å². The lowest BCUT2D eigenvalue weighted by Crippen LogP contribution is -2.29. The molecule has 3 N–H and O–H groups in total. The number of anilines is 2. The standard InChI is InChI=1S/C22H16ClF3N4O4S/c1-22(2)20(31)17(19(34-22)14-5-6-28-21(27)29-14)12-7-10(23)8-15(18(12)26)30-35(32,33)16-4-3-11(24)9-13(16)25/h3-9,30H,1-2H3,(H2,27,28,29). The Hall–Kier alpha value is -3.64. The number of nitrogens with one attached hydrogen (secondary N) is 1. The number of hydrogen-bond donors (Lipinski definition) is 2. The molecule has 8 nitrogen and oxygen atoms in total. The van der Waals surface area contributed by atoms with Crippen LogP contribution in [0.3, 0.4) is 0 Å². The van der Waals surface area contributed by atoms with Crippen molar-refractivity contribution in [3.05, 3.63) is 76.3 Å². The van der Waals surface area contributed by atoms with Crippen LogP contribution < -0.4 is 10.5 Å². The van der Waals surface area contributed by atoms with E-state index < -0.39 is 55.0 Å². The number of aromatic nitrogens is 2. The molecule has 3 aromatic rings.